The van der Waals surface area contributed by atoms with Gasteiger partial charge in [0.25, 0.3) is 0 Å². The zero-order chi connectivity index (χ0) is 15.4. The molecule has 1 aromatic rings. The Morgan fingerprint density at radius 2 is 1.90 bits per heavy atom. The molecule has 1 N–H and O–H groups in total. The van der Waals surface area contributed by atoms with Crippen LogP contribution < -0.4 is 10.2 Å². The highest BCUT2D eigenvalue weighted by atomic mass is 32.2. The van der Waals surface area contributed by atoms with Crippen molar-refractivity contribution in [2.45, 2.75) is 51.7 Å². The second kappa shape index (κ2) is 7.55. The van der Waals surface area contributed by atoms with Gasteiger partial charge in [0, 0.05) is 35.8 Å². The van der Waals surface area contributed by atoms with Crippen molar-refractivity contribution < 1.29 is 0 Å². The third kappa shape index (κ3) is 4.93. The predicted octanol–water partition coefficient (Wildman–Crippen LogP) is 4.07. The van der Waals surface area contributed by atoms with Gasteiger partial charge in [-0.1, -0.05) is 45.4 Å². The minimum Gasteiger partial charge on any atom is -0.369 e. The molecule has 21 heavy (non-hydrogen) atoms. The minimum atomic E-state index is 0.699. The van der Waals surface area contributed by atoms with Gasteiger partial charge in [-0.2, -0.15) is 11.8 Å². The number of rotatable bonds is 5. The summed E-state index contributed by atoms with van der Waals surface area (Å²) in [5, 5.41) is 5.03. The van der Waals surface area contributed by atoms with Crippen LogP contribution in [0.2, 0.25) is 0 Å². The molecule has 1 aliphatic rings. The van der Waals surface area contributed by atoms with E-state index in [4.69, 9.17) is 0 Å². The van der Waals surface area contributed by atoms with E-state index in [1.807, 2.05) is 0 Å². The van der Waals surface area contributed by atoms with Gasteiger partial charge >= 0.3 is 0 Å². The molecule has 0 amide bonds. The van der Waals surface area contributed by atoms with Gasteiger partial charge in [0.05, 0.1) is 0 Å². The number of aryl methyl sites for hydroxylation is 1. The Morgan fingerprint density at radius 1 is 1.24 bits per heavy atom. The lowest BCUT2D eigenvalue weighted by atomic mass is 10.1. The first-order valence-electron chi connectivity index (χ1n) is 8.16. The lowest BCUT2D eigenvalue weighted by Crippen LogP contribution is -2.41. The highest BCUT2D eigenvalue weighted by Crippen LogP contribution is 2.31. The van der Waals surface area contributed by atoms with Crippen molar-refractivity contribution in [1.82, 2.24) is 5.32 Å². The third-order valence-corrected chi connectivity index (χ3v) is 5.09. The Kier molecular flexibility index (Phi) is 6.00. The SMILES string of the molecule is Cc1ccc(N2CC(C)SC(C)C2)c(CNCC(C)C)c1. The van der Waals surface area contributed by atoms with E-state index in [0.29, 0.717) is 16.4 Å². The summed E-state index contributed by atoms with van der Waals surface area (Å²) in [5.74, 6) is 0.699. The topological polar surface area (TPSA) is 15.3 Å². The van der Waals surface area contributed by atoms with Crippen LogP contribution in [0.5, 0.6) is 0 Å². The maximum Gasteiger partial charge on any atom is 0.0412 e. The van der Waals surface area contributed by atoms with E-state index >= 15 is 0 Å². The molecule has 1 aromatic carbocycles. The van der Waals surface area contributed by atoms with Crippen LogP contribution in [0.1, 0.15) is 38.8 Å². The van der Waals surface area contributed by atoms with E-state index in [1.165, 1.54) is 16.8 Å². The smallest absolute Gasteiger partial charge is 0.0412 e. The van der Waals surface area contributed by atoms with Gasteiger partial charge in [0.2, 0.25) is 0 Å². The number of hydrogen-bond donors (Lipinski definition) is 1. The number of nitrogens with one attached hydrogen (secondary N) is 1. The summed E-state index contributed by atoms with van der Waals surface area (Å²) in [6.07, 6.45) is 0. The van der Waals surface area contributed by atoms with E-state index in [1.54, 1.807) is 0 Å². The van der Waals surface area contributed by atoms with Gasteiger partial charge in [-0.25, -0.2) is 0 Å². The molecule has 0 saturated carbocycles. The average molecular weight is 307 g/mol. The zero-order valence-electron chi connectivity index (χ0n) is 14.1. The summed E-state index contributed by atoms with van der Waals surface area (Å²) in [7, 11) is 0. The van der Waals surface area contributed by atoms with Crippen LogP contribution in [0.4, 0.5) is 5.69 Å². The number of nitrogens with zero attached hydrogens (tertiary/aromatic N) is 1. The van der Waals surface area contributed by atoms with E-state index in [-0.39, 0.29) is 0 Å². The normalized spacial score (nSPS) is 22.9. The fourth-order valence-electron chi connectivity index (χ4n) is 3.03. The van der Waals surface area contributed by atoms with Gasteiger partial charge in [-0.3, -0.25) is 0 Å². The van der Waals surface area contributed by atoms with Crippen molar-refractivity contribution in [3.05, 3.63) is 29.3 Å². The monoisotopic (exact) mass is 306 g/mol. The molecule has 0 aromatic heterocycles. The number of thioether (sulfide) groups is 1. The van der Waals surface area contributed by atoms with Gasteiger partial charge in [-0.15, -0.1) is 0 Å². The third-order valence-electron chi connectivity index (χ3n) is 3.86. The van der Waals surface area contributed by atoms with Crippen molar-refractivity contribution in [2.75, 3.05) is 24.5 Å². The van der Waals surface area contributed by atoms with Crippen LogP contribution in [0, 0.1) is 12.8 Å². The molecule has 2 rings (SSSR count). The molecule has 1 saturated heterocycles. The zero-order valence-corrected chi connectivity index (χ0v) is 15.0. The standard InChI is InChI=1S/C18H30N2S/c1-13(2)9-19-10-17-8-14(3)6-7-18(17)20-11-15(4)21-16(5)12-20/h6-8,13,15-16,19H,9-12H2,1-5H3. The first-order chi connectivity index (χ1) is 9.95. The van der Waals surface area contributed by atoms with Crippen LogP contribution in [0.15, 0.2) is 18.2 Å². The van der Waals surface area contributed by atoms with Crippen molar-refractivity contribution >= 4 is 17.4 Å². The lowest BCUT2D eigenvalue weighted by Gasteiger charge is -2.37. The van der Waals surface area contributed by atoms with Gasteiger partial charge in [-0.05, 0) is 31.0 Å². The van der Waals surface area contributed by atoms with E-state index in [0.717, 1.165) is 26.2 Å². The molecule has 3 heteroatoms. The fourth-order valence-corrected chi connectivity index (χ4v) is 4.36. The number of hydrogen-bond acceptors (Lipinski definition) is 3. The maximum absolute atomic E-state index is 3.60. The summed E-state index contributed by atoms with van der Waals surface area (Å²) < 4.78 is 0. The van der Waals surface area contributed by atoms with Crippen molar-refractivity contribution in [3.63, 3.8) is 0 Å². The Morgan fingerprint density at radius 3 is 2.52 bits per heavy atom. The minimum absolute atomic E-state index is 0.699. The molecule has 2 unspecified atom stereocenters. The summed E-state index contributed by atoms with van der Waals surface area (Å²) in [5.41, 5.74) is 4.23. The summed E-state index contributed by atoms with van der Waals surface area (Å²) >= 11 is 2.11. The molecule has 2 nitrogen and oxygen atoms in total. The molecule has 0 bridgehead atoms. The molecule has 1 heterocycles. The second-order valence-electron chi connectivity index (χ2n) is 6.82. The molecular formula is C18H30N2S. The van der Waals surface area contributed by atoms with E-state index < -0.39 is 0 Å². The Hall–Kier alpha value is -0.670. The van der Waals surface area contributed by atoms with Crippen molar-refractivity contribution in [3.8, 4) is 0 Å². The molecule has 1 fully saturated rings. The number of anilines is 1. The fraction of sp³-hybridized carbons (Fsp3) is 0.667. The van der Waals surface area contributed by atoms with E-state index in [2.05, 4.69) is 74.8 Å². The van der Waals surface area contributed by atoms with Crippen LogP contribution >= 0.6 is 11.8 Å². The Labute approximate surface area is 134 Å². The van der Waals surface area contributed by atoms with Crippen LogP contribution in [0.3, 0.4) is 0 Å². The summed E-state index contributed by atoms with van der Waals surface area (Å²) in [6.45, 7) is 15.8. The molecule has 0 spiro atoms. The largest absolute Gasteiger partial charge is 0.369 e. The molecule has 118 valence electrons. The first kappa shape index (κ1) is 16.7. The molecular weight excluding hydrogens is 276 g/mol. The second-order valence-corrected chi connectivity index (χ2v) is 8.70. The summed E-state index contributed by atoms with van der Waals surface area (Å²) in [4.78, 5) is 2.58. The quantitative estimate of drug-likeness (QED) is 0.883. The Balaban J connectivity index is 2.13. The highest BCUT2D eigenvalue weighted by molar-refractivity contribution is 8.00. The van der Waals surface area contributed by atoms with Crippen LogP contribution in [-0.2, 0) is 6.54 Å². The van der Waals surface area contributed by atoms with Crippen molar-refractivity contribution in [2.24, 2.45) is 5.92 Å². The summed E-state index contributed by atoms with van der Waals surface area (Å²) in [6, 6.07) is 6.91. The predicted molar refractivity (Wildman–Crippen MR) is 96.5 cm³/mol. The lowest BCUT2D eigenvalue weighted by molar-refractivity contribution is 0.551. The van der Waals surface area contributed by atoms with Crippen LogP contribution in [0.25, 0.3) is 0 Å². The molecule has 2 atom stereocenters. The number of benzene rings is 1. The molecule has 1 aliphatic heterocycles. The van der Waals surface area contributed by atoms with Gasteiger partial charge in [0.1, 0.15) is 0 Å². The molecule has 0 radical (unpaired) electrons. The Bertz CT molecular complexity index is 449. The van der Waals surface area contributed by atoms with Gasteiger partial charge in [0.15, 0.2) is 0 Å². The molecule has 0 aliphatic carbocycles. The van der Waals surface area contributed by atoms with Crippen LogP contribution in [-0.4, -0.2) is 30.1 Å². The first-order valence-corrected chi connectivity index (χ1v) is 9.10. The van der Waals surface area contributed by atoms with Crippen molar-refractivity contribution in [1.29, 1.82) is 0 Å². The highest BCUT2D eigenvalue weighted by Gasteiger charge is 2.23. The maximum atomic E-state index is 3.60. The van der Waals surface area contributed by atoms with E-state index in [9.17, 15) is 0 Å². The van der Waals surface area contributed by atoms with Gasteiger partial charge < -0.3 is 10.2 Å². The average Bonchev–Trinajstić information content (AvgIpc) is 2.37.